The molecule has 1 aromatic carbocycles. The van der Waals surface area contributed by atoms with Gasteiger partial charge in [0.25, 0.3) is 0 Å². The maximum atomic E-state index is 12.3. The van der Waals surface area contributed by atoms with E-state index in [1.165, 1.54) is 11.3 Å². The van der Waals surface area contributed by atoms with E-state index in [1.54, 1.807) is 14.0 Å². The number of likely N-dealkylation sites (tertiary alicyclic amines) is 2. The lowest BCUT2D eigenvalue weighted by atomic mass is 9.89. The van der Waals surface area contributed by atoms with Crippen LogP contribution in [0.3, 0.4) is 0 Å². The summed E-state index contributed by atoms with van der Waals surface area (Å²) in [7, 11) is 1.68. The Hall–Kier alpha value is -2.34. The summed E-state index contributed by atoms with van der Waals surface area (Å²) in [5.41, 5.74) is 3.53. The molecule has 6 heteroatoms. The largest absolute Gasteiger partial charge is 0.497 e. The highest BCUT2D eigenvalue weighted by atomic mass is 16.5. The number of ether oxygens (including phenoxy) is 1. The molecule has 1 aromatic heterocycles. The first-order valence-electron chi connectivity index (χ1n) is 10.2. The average Bonchev–Trinajstić information content (AvgIpc) is 3.34. The third kappa shape index (κ3) is 3.41. The Labute approximate surface area is 166 Å². The van der Waals surface area contributed by atoms with Crippen LogP contribution in [0, 0.1) is 18.8 Å². The fraction of sp³-hybridized carbons (Fsp3) is 0.545. The number of fused-ring (bicyclic) bond motifs is 1. The van der Waals surface area contributed by atoms with E-state index in [0.29, 0.717) is 11.8 Å². The molecule has 0 unspecified atom stereocenters. The number of aromatic amines is 1. The number of aryl methyl sites for hydroxylation is 2. The van der Waals surface area contributed by atoms with Gasteiger partial charge in [-0.1, -0.05) is 19.1 Å². The number of nitrogens with zero attached hydrogens (tertiary/aromatic N) is 3. The molecule has 0 spiro atoms. The number of carbonyl (C=O) groups is 1. The second-order valence-electron chi connectivity index (χ2n) is 8.12. The van der Waals surface area contributed by atoms with E-state index in [2.05, 4.69) is 40.8 Å². The van der Waals surface area contributed by atoms with Gasteiger partial charge in [0.15, 0.2) is 0 Å². The highest BCUT2D eigenvalue weighted by Crippen LogP contribution is 2.45. The summed E-state index contributed by atoms with van der Waals surface area (Å²) in [6.07, 6.45) is 0.930. The van der Waals surface area contributed by atoms with E-state index >= 15 is 0 Å². The molecule has 2 saturated heterocycles. The molecule has 1 amide bonds. The molecule has 3 heterocycles. The van der Waals surface area contributed by atoms with Gasteiger partial charge in [0, 0.05) is 51.1 Å². The third-order valence-corrected chi connectivity index (χ3v) is 6.34. The van der Waals surface area contributed by atoms with Crippen LogP contribution >= 0.6 is 0 Å². The van der Waals surface area contributed by atoms with E-state index in [9.17, 15) is 4.79 Å². The summed E-state index contributed by atoms with van der Waals surface area (Å²) in [5.74, 6) is 3.05. The first-order valence-corrected chi connectivity index (χ1v) is 10.2. The second kappa shape index (κ2) is 7.59. The summed E-state index contributed by atoms with van der Waals surface area (Å²) >= 11 is 0. The Bertz CT molecular complexity index is 845. The van der Waals surface area contributed by atoms with Gasteiger partial charge in [0.05, 0.1) is 18.8 Å². The normalized spacial score (nSPS) is 24.6. The first kappa shape index (κ1) is 19.0. The molecule has 28 heavy (non-hydrogen) atoms. The number of hydrogen-bond donors (Lipinski definition) is 1. The topological polar surface area (TPSA) is 61.5 Å². The van der Waals surface area contributed by atoms with Crippen LogP contribution in [0.4, 0.5) is 0 Å². The number of nitrogens with one attached hydrogen (secondary N) is 1. The monoisotopic (exact) mass is 382 g/mol. The molecule has 0 radical (unpaired) electrons. The summed E-state index contributed by atoms with van der Waals surface area (Å²) in [4.78, 5) is 25.0. The van der Waals surface area contributed by atoms with Crippen LogP contribution in [0.1, 0.15) is 42.7 Å². The highest BCUT2D eigenvalue weighted by Gasteiger charge is 2.48. The van der Waals surface area contributed by atoms with Crippen LogP contribution in [-0.4, -0.2) is 52.4 Å². The van der Waals surface area contributed by atoms with Crippen LogP contribution in [0.2, 0.25) is 0 Å². The zero-order chi connectivity index (χ0) is 19.8. The zero-order valence-electron chi connectivity index (χ0n) is 17.2. The van der Waals surface area contributed by atoms with E-state index in [0.717, 1.165) is 49.9 Å². The number of hydrogen-bond acceptors (Lipinski definition) is 4. The van der Waals surface area contributed by atoms with E-state index < -0.39 is 0 Å². The number of carbonyl (C=O) groups excluding carboxylic acids is 1. The minimum absolute atomic E-state index is 0.143. The van der Waals surface area contributed by atoms with Crippen molar-refractivity contribution in [3.63, 3.8) is 0 Å². The van der Waals surface area contributed by atoms with Gasteiger partial charge in [0.1, 0.15) is 11.6 Å². The van der Waals surface area contributed by atoms with E-state index in [4.69, 9.17) is 9.72 Å². The Morgan fingerprint density at radius 2 is 2.00 bits per heavy atom. The van der Waals surface area contributed by atoms with Crippen molar-refractivity contribution in [3.8, 4) is 5.75 Å². The molecule has 0 saturated carbocycles. The molecule has 2 fully saturated rings. The summed E-state index contributed by atoms with van der Waals surface area (Å²) in [5, 5.41) is 0. The van der Waals surface area contributed by atoms with Gasteiger partial charge in [-0.25, -0.2) is 4.98 Å². The molecule has 2 aliphatic heterocycles. The lowest BCUT2D eigenvalue weighted by Crippen LogP contribution is -2.34. The van der Waals surface area contributed by atoms with Crippen LogP contribution in [0.5, 0.6) is 5.75 Å². The fourth-order valence-electron chi connectivity index (χ4n) is 4.92. The SMILES string of the molecule is CCc1nc(CN2C[C@@H]3CN(C(C)=O)[C@@H](c4ccc(OC)cc4)[C@@H]3C2)c(C)[nH]1. The molecule has 150 valence electrons. The number of H-pyrrole nitrogens is 1. The van der Waals surface area contributed by atoms with Gasteiger partial charge in [-0.15, -0.1) is 0 Å². The van der Waals surface area contributed by atoms with Crippen LogP contribution in [-0.2, 0) is 17.8 Å². The van der Waals surface area contributed by atoms with Gasteiger partial charge in [-0.05, 0) is 30.5 Å². The van der Waals surface area contributed by atoms with Crippen molar-refractivity contribution in [3.05, 3.63) is 47.0 Å². The predicted molar refractivity (Wildman–Crippen MR) is 108 cm³/mol. The fourth-order valence-corrected chi connectivity index (χ4v) is 4.92. The first-order chi connectivity index (χ1) is 13.5. The van der Waals surface area contributed by atoms with Crippen LogP contribution < -0.4 is 4.74 Å². The molecule has 2 aliphatic rings. The molecular formula is C22H30N4O2. The quantitative estimate of drug-likeness (QED) is 0.864. The molecule has 6 nitrogen and oxygen atoms in total. The smallest absolute Gasteiger partial charge is 0.219 e. The Kier molecular flexibility index (Phi) is 5.15. The minimum atomic E-state index is 0.143. The Balaban J connectivity index is 1.53. The minimum Gasteiger partial charge on any atom is -0.497 e. The van der Waals surface area contributed by atoms with Gasteiger partial charge in [-0.2, -0.15) is 0 Å². The van der Waals surface area contributed by atoms with Gasteiger partial charge >= 0.3 is 0 Å². The molecule has 0 aliphatic carbocycles. The highest BCUT2D eigenvalue weighted by molar-refractivity contribution is 5.74. The summed E-state index contributed by atoms with van der Waals surface area (Å²) in [6.45, 7) is 9.66. The number of amides is 1. The standard InChI is InChI=1S/C22H30N4O2/c1-5-21-23-14(2)20(24-21)13-25-10-17-11-26(15(3)27)22(19(17)12-25)16-6-8-18(28-4)9-7-16/h6-9,17,19,22H,5,10-13H2,1-4H3,(H,23,24)/t17-,19-,22+/m1/s1. The molecular weight excluding hydrogens is 352 g/mol. The van der Waals surface area contributed by atoms with Crippen LogP contribution in [0.25, 0.3) is 0 Å². The predicted octanol–water partition coefficient (Wildman–Crippen LogP) is 2.94. The molecule has 2 aromatic rings. The lowest BCUT2D eigenvalue weighted by Gasteiger charge is -2.29. The average molecular weight is 383 g/mol. The molecule has 3 atom stereocenters. The maximum absolute atomic E-state index is 12.3. The number of benzene rings is 1. The molecule has 0 bridgehead atoms. The second-order valence-corrected chi connectivity index (χ2v) is 8.12. The van der Waals surface area contributed by atoms with Crippen LogP contribution in [0.15, 0.2) is 24.3 Å². The van der Waals surface area contributed by atoms with Crippen molar-refractivity contribution in [1.29, 1.82) is 0 Å². The maximum Gasteiger partial charge on any atom is 0.219 e. The van der Waals surface area contributed by atoms with Gasteiger partial charge < -0.3 is 14.6 Å². The lowest BCUT2D eigenvalue weighted by molar-refractivity contribution is -0.130. The van der Waals surface area contributed by atoms with Gasteiger partial charge in [-0.3, -0.25) is 9.69 Å². The molecule has 1 N–H and O–H groups in total. The van der Waals surface area contributed by atoms with Crippen molar-refractivity contribution in [1.82, 2.24) is 19.8 Å². The summed E-state index contributed by atoms with van der Waals surface area (Å²) < 4.78 is 5.30. The van der Waals surface area contributed by atoms with Crippen molar-refractivity contribution in [2.75, 3.05) is 26.7 Å². The number of methoxy groups -OCH3 is 1. The third-order valence-electron chi connectivity index (χ3n) is 6.34. The van der Waals surface area contributed by atoms with E-state index in [1.807, 2.05) is 12.1 Å². The zero-order valence-corrected chi connectivity index (χ0v) is 17.2. The number of imidazole rings is 1. The number of rotatable bonds is 5. The van der Waals surface area contributed by atoms with E-state index in [-0.39, 0.29) is 11.9 Å². The van der Waals surface area contributed by atoms with Crippen molar-refractivity contribution >= 4 is 5.91 Å². The van der Waals surface area contributed by atoms with Crippen molar-refractivity contribution < 1.29 is 9.53 Å². The Morgan fingerprint density at radius 3 is 2.61 bits per heavy atom. The van der Waals surface area contributed by atoms with Crippen molar-refractivity contribution in [2.45, 2.75) is 39.8 Å². The summed E-state index contributed by atoms with van der Waals surface area (Å²) in [6, 6.07) is 8.34. The van der Waals surface area contributed by atoms with Crippen molar-refractivity contribution in [2.24, 2.45) is 11.8 Å². The van der Waals surface area contributed by atoms with Gasteiger partial charge in [0.2, 0.25) is 5.91 Å². The number of aromatic nitrogens is 2. The molecule has 4 rings (SSSR count). The Morgan fingerprint density at radius 1 is 1.25 bits per heavy atom.